The van der Waals surface area contributed by atoms with E-state index in [9.17, 15) is 9.18 Å². The van der Waals surface area contributed by atoms with Gasteiger partial charge in [0.05, 0.1) is 6.67 Å². The van der Waals surface area contributed by atoms with Crippen molar-refractivity contribution in [3.63, 3.8) is 0 Å². The second kappa shape index (κ2) is 4.99. The molecule has 0 saturated carbocycles. The lowest BCUT2D eigenvalue weighted by atomic mass is 9.96. The molecule has 0 radical (unpaired) electrons. The third-order valence-corrected chi connectivity index (χ3v) is 2.44. The van der Waals surface area contributed by atoms with Crippen molar-refractivity contribution in [2.45, 2.75) is 38.8 Å². The van der Waals surface area contributed by atoms with Gasteiger partial charge in [0.15, 0.2) is 0 Å². The molecular formula is C11H21FN2O2. The number of hydrogen-bond donors (Lipinski definition) is 1. The van der Waals surface area contributed by atoms with Gasteiger partial charge in [-0.05, 0) is 27.2 Å². The normalized spacial score (nSPS) is 26.7. The summed E-state index contributed by atoms with van der Waals surface area (Å²) in [5.74, 6) is -0.156. The minimum absolute atomic E-state index is 0.151. The molecule has 0 spiro atoms. The Morgan fingerprint density at radius 1 is 1.50 bits per heavy atom. The van der Waals surface area contributed by atoms with Gasteiger partial charge in [-0.3, -0.25) is 4.39 Å². The Morgan fingerprint density at radius 2 is 2.12 bits per heavy atom. The van der Waals surface area contributed by atoms with Crippen LogP contribution >= 0.6 is 0 Å². The third kappa shape index (κ3) is 3.96. The summed E-state index contributed by atoms with van der Waals surface area (Å²) in [6, 6.07) is -0.151. The van der Waals surface area contributed by atoms with Crippen LogP contribution < -0.4 is 5.73 Å². The van der Waals surface area contributed by atoms with Crippen molar-refractivity contribution in [3.05, 3.63) is 0 Å². The van der Waals surface area contributed by atoms with Gasteiger partial charge in [0, 0.05) is 25.0 Å². The Balaban J connectivity index is 2.55. The molecule has 16 heavy (non-hydrogen) atoms. The Hall–Kier alpha value is -0.840. The van der Waals surface area contributed by atoms with E-state index < -0.39 is 18.4 Å². The molecule has 2 N–H and O–H groups in total. The van der Waals surface area contributed by atoms with Gasteiger partial charge in [0.2, 0.25) is 0 Å². The van der Waals surface area contributed by atoms with Gasteiger partial charge in [-0.1, -0.05) is 0 Å². The minimum atomic E-state index is -0.524. The van der Waals surface area contributed by atoms with E-state index in [0.29, 0.717) is 19.5 Å². The van der Waals surface area contributed by atoms with E-state index in [1.165, 1.54) is 4.90 Å². The average molecular weight is 232 g/mol. The predicted molar refractivity (Wildman–Crippen MR) is 59.9 cm³/mol. The number of nitrogens with two attached hydrogens (primary N) is 1. The molecule has 94 valence electrons. The molecule has 1 aliphatic heterocycles. The maximum Gasteiger partial charge on any atom is 0.410 e. The fourth-order valence-corrected chi connectivity index (χ4v) is 1.83. The highest BCUT2D eigenvalue weighted by Crippen LogP contribution is 2.19. The maximum absolute atomic E-state index is 12.6. The van der Waals surface area contributed by atoms with Crippen LogP contribution in [0.25, 0.3) is 0 Å². The zero-order chi connectivity index (χ0) is 12.3. The molecule has 2 atom stereocenters. The van der Waals surface area contributed by atoms with Gasteiger partial charge in [-0.15, -0.1) is 0 Å². The van der Waals surface area contributed by atoms with Crippen molar-refractivity contribution in [2.75, 3.05) is 19.8 Å². The first-order chi connectivity index (χ1) is 7.31. The zero-order valence-corrected chi connectivity index (χ0v) is 10.2. The number of likely N-dealkylation sites (tertiary alicyclic amines) is 1. The molecule has 1 amide bonds. The molecule has 0 aromatic carbocycles. The summed E-state index contributed by atoms with van der Waals surface area (Å²) < 4.78 is 17.8. The summed E-state index contributed by atoms with van der Waals surface area (Å²) in [7, 11) is 0. The lowest BCUT2D eigenvalue weighted by Gasteiger charge is -2.36. The molecule has 0 aromatic rings. The number of halogens is 1. The van der Waals surface area contributed by atoms with E-state index in [1.807, 2.05) is 0 Å². The number of carbonyl (C=O) groups is 1. The fourth-order valence-electron chi connectivity index (χ4n) is 1.83. The van der Waals surface area contributed by atoms with E-state index in [-0.39, 0.29) is 12.0 Å². The van der Waals surface area contributed by atoms with E-state index in [0.717, 1.165) is 0 Å². The number of carbonyl (C=O) groups excluding carboxylic acids is 1. The molecule has 1 saturated heterocycles. The van der Waals surface area contributed by atoms with Gasteiger partial charge in [0.1, 0.15) is 5.60 Å². The Kier molecular flexibility index (Phi) is 4.13. The molecule has 0 unspecified atom stereocenters. The Morgan fingerprint density at radius 3 is 2.62 bits per heavy atom. The van der Waals surface area contributed by atoms with Gasteiger partial charge >= 0.3 is 6.09 Å². The summed E-state index contributed by atoms with van der Waals surface area (Å²) >= 11 is 0. The largest absolute Gasteiger partial charge is 0.444 e. The number of ether oxygens (including phenoxy) is 1. The molecule has 0 aromatic heterocycles. The van der Waals surface area contributed by atoms with Crippen LogP contribution in [0.3, 0.4) is 0 Å². The van der Waals surface area contributed by atoms with Crippen LogP contribution in [0.5, 0.6) is 0 Å². The van der Waals surface area contributed by atoms with E-state index >= 15 is 0 Å². The van der Waals surface area contributed by atoms with Crippen molar-refractivity contribution in [1.29, 1.82) is 0 Å². The second-order valence-electron chi connectivity index (χ2n) is 5.40. The first-order valence-electron chi connectivity index (χ1n) is 5.61. The Bertz CT molecular complexity index is 253. The van der Waals surface area contributed by atoms with Gasteiger partial charge < -0.3 is 15.4 Å². The molecule has 0 bridgehead atoms. The lowest BCUT2D eigenvalue weighted by molar-refractivity contribution is 0.0131. The molecule has 1 rings (SSSR count). The van der Waals surface area contributed by atoms with E-state index in [2.05, 4.69) is 0 Å². The molecular weight excluding hydrogens is 211 g/mol. The van der Waals surface area contributed by atoms with Crippen LogP contribution in [0.15, 0.2) is 0 Å². The fraction of sp³-hybridized carbons (Fsp3) is 0.909. The van der Waals surface area contributed by atoms with Gasteiger partial charge in [-0.25, -0.2) is 4.79 Å². The van der Waals surface area contributed by atoms with Gasteiger partial charge in [0.25, 0.3) is 0 Å². The summed E-state index contributed by atoms with van der Waals surface area (Å²) in [5, 5.41) is 0. The quantitative estimate of drug-likeness (QED) is 0.746. The highest BCUT2D eigenvalue weighted by atomic mass is 19.1. The van der Waals surface area contributed by atoms with Crippen LogP contribution in [0.1, 0.15) is 27.2 Å². The van der Waals surface area contributed by atoms with Crippen molar-refractivity contribution < 1.29 is 13.9 Å². The maximum atomic E-state index is 12.6. The molecule has 4 nitrogen and oxygen atoms in total. The number of alkyl halides is 1. The van der Waals surface area contributed by atoms with Crippen LogP contribution in [0, 0.1) is 5.92 Å². The van der Waals surface area contributed by atoms with Crippen LogP contribution in [-0.4, -0.2) is 42.4 Å². The zero-order valence-electron chi connectivity index (χ0n) is 10.2. The SMILES string of the molecule is CC(C)(C)OC(=O)N1C[C@@H](N)C[C@@H](CF)C1. The van der Waals surface area contributed by atoms with Gasteiger partial charge in [-0.2, -0.15) is 0 Å². The number of piperidine rings is 1. The standard InChI is InChI=1S/C11H21FN2O2/c1-11(2,3)16-10(15)14-6-8(5-12)4-9(13)7-14/h8-9H,4-7,13H2,1-3H3/t8-,9-/m0/s1. The number of hydrogen-bond acceptors (Lipinski definition) is 3. The lowest BCUT2D eigenvalue weighted by Crippen LogP contribution is -2.51. The van der Waals surface area contributed by atoms with Crippen LogP contribution in [0.4, 0.5) is 9.18 Å². The molecule has 5 heteroatoms. The smallest absolute Gasteiger partial charge is 0.410 e. The first kappa shape index (κ1) is 13.2. The number of rotatable bonds is 1. The average Bonchev–Trinajstić information content (AvgIpc) is 2.14. The minimum Gasteiger partial charge on any atom is -0.444 e. The van der Waals surface area contributed by atoms with Crippen molar-refractivity contribution in [1.82, 2.24) is 4.90 Å². The summed E-state index contributed by atoms with van der Waals surface area (Å²) in [6.45, 7) is 5.84. The highest BCUT2D eigenvalue weighted by Gasteiger charge is 2.30. The van der Waals surface area contributed by atoms with Crippen molar-refractivity contribution >= 4 is 6.09 Å². The molecule has 0 aliphatic carbocycles. The molecule has 1 fully saturated rings. The first-order valence-corrected chi connectivity index (χ1v) is 5.61. The number of amides is 1. The molecule has 1 heterocycles. The predicted octanol–water partition coefficient (Wildman–Crippen LogP) is 1.54. The molecule has 1 aliphatic rings. The van der Waals surface area contributed by atoms with E-state index in [1.54, 1.807) is 20.8 Å². The summed E-state index contributed by atoms with van der Waals surface area (Å²) in [4.78, 5) is 13.3. The topological polar surface area (TPSA) is 55.6 Å². The highest BCUT2D eigenvalue weighted by molar-refractivity contribution is 5.68. The number of nitrogens with zero attached hydrogens (tertiary/aromatic N) is 1. The summed E-state index contributed by atoms with van der Waals surface area (Å²) in [5.41, 5.74) is 5.25. The summed E-state index contributed by atoms with van der Waals surface area (Å²) in [6.07, 6.45) is 0.233. The van der Waals surface area contributed by atoms with E-state index in [4.69, 9.17) is 10.5 Å². The van der Waals surface area contributed by atoms with Crippen molar-refractivity contribution in [2.24, 2.45) is 11.7 Å². The van der Waals surface area contributed by atoms with Crippen molar-refractivity contribution in [3.8, 4) is 0 Å². The third-order valence-electron chi connectivity index (χ3n) is 2.44. The second-order valence-corrected chi connectivity index (χ2v) is 5.40. The monoisotopic (exact) mass is 232 g/mol. The van der Waals surface area contributed by atoms with Crippen LogP contribution in [0.2, 0.25) is 0 Å². The Labute approximate surface area is 95.9 Å². The van der Waals surface area contributed by atoms with Crippen LogP contribution in [-0.2, 0) is 4.74 Å².